The van der Waals surface area contributed by atoms with Gasteiger partial charge in [0, 0.05) is 6.54 Å². The summed E-state index contributed by atoms with van der Waals surface area (Å²) < 4.78 is 1.50. The third-order valence-electron chi connectivity index (χ3n) is 3.08. The quantitative estimate of drug-likeness (QED) is 0.824. The molecule has 112 valence electrons. The Kier molecular flexibility index (Phi) is 4.70. The van der Waals surface area contributed by atoms with Gasteiger partial charge in [-0.2, -0.15) is 0 Å². The maximum absolute atomic E-state index is 11.8. The van der Waals surface area contributed by atoms with Gasteiger partial charge in [0.2, 0.25) is 5.91 Å². The summed E-state index contributed by atoms with van der Waals surface area (Å²) in [5, 5.41) is 10.8. The van der Waals surface area contributed by atoms with Crippen LogP contribution in [-0.2, 0) is 23.3 Å². The van der Waals surface area contributed by atoms with Crippen molar-refractivity contribution in [3.05, 3.63) is 47.8 Å². The first-order chi connectivity index (χ1) is 9.95. The van der Waals surface area contributed by atoms with Crippen LogP contribution in [-0.4, -0.2) is 27.4 Å². The predicted octanol–water partition coefficient (Wildman–Crippen LogP) is 0.831. The van der Waals surface area contributed by atoms with Crippen LogP contribution in [0, 0.1) is 0 Å². The van der Waals surface area contributed by atoms with Gasteiger partial charge in [0.25, 0.3) is 0 Å². The second-order valence-electron chi connectivity index (χ2n) is 5.61. The molecule has 0 saturated heterocycles. The van der Waals surface area contributed by atoms with E-state index in [9.17, 15) is 4.79 Å². The van der Waals surface area contributed by atoms with E-state index in [0.717, 1.165) is 6.42 Å². The largest absolute Gasteiger partial charge is 0.354 e. The first-order valence-electron chi connectivity index (χ1n) is 6.95. The van der Waals surface area contributed by atoms with E-state index >= 15 is 0 Å². The third-order valence-corrected chi connectivity index (χ3v) is 3.08. The van der Waals surface area contributed by atoms with Crippen LogP contribution in [0.5, 0.6) is 0 Å². The number of amides is 1. The van der Waals surface area contributed by atoms with E-state index < -0.39 is 5.54 Å². The van der Waals surface area contributed by atoms with Crippen molar-refractivity contribution in [1.82, 2.24) is 20.3 Å². The molecular weight excluding hydrogens is 266 g/mol. The second-order valence-corrected chi connectivity index (χ2v) is 5.61. The molecule has 0 radical (unpaired) electrons. The average Bonchev–Trinajstić information content (AvgIpc) is 2.88. The molecule has 2 aromatic rings. The number of carbonyl (C=O) groups excluding carboxylic acids is 1. The van der Waals surface area contributed by atoms with Crippen LogP contribution in [0.2, 0.25) is 0 Å². The summed E-state index contributed by atoms with van der Waals surface area (Å²) in [5.41, 5.74) is 7.24. The Labute approximate surface area is 124 Å². The third kappa shape index (κ3) is 4.68. The van der Waals surface area contributed by atoms with Gasteiger partial charge < -0.3 is 11.1 Å². The van der Waals surface area contributed by atoms with Gasteiger partial charge in [-0.3, -0.25) is 4.79 Å². The number of carbonyl (C=O) groups is 1. The smallest absolute Gasteiger partial charge is 0.241 e. The molecule has 1 amide bonds. The standard InChI is InChI=1S/C15H21N5O/c1-15(2,16)13-10-20(19-18-13)11-14(21)17-9-8-12-6-4-3-5-7-12/h3-7,10H,8-9,11,16H2,1-2H3,(H,17,21). The molecule has 0 fully saturated rings. The molecule has 0 bridgehead atoms. The van der Waals surface area contributed by atoms with Crippen molar-refractivity contribution < 1.29 is 4.79 Å². The zero-order chi connectivity index (χ0) is 15.3. The van der Waals surface area contributed by atoms with Crippen LogP contribution in [0.15, 0.2) is 36.5 Å². The minimum atomic E-state index is -0.554. The van der Waals surface area contributed by atoms with Gasteiger partial charge in [0.05, 0.1) is 11.7 Å². The lowest BCUT2D eigenvalue weighted by Gasteiger charge is -2.13. The number of hydrogen-bond donors (Lipinski definition) is 2. The monoisotopic (exact) mass is 287 g/mol. The summed E-state index contributed by atoms with van der Waals surface area (Å²) in [6, 6.07) is 10.0. The molecule has 0 saturated carbocycles. The Hall–Kier alpha value is -2.21. The van der Waals surface area contributed by atoms with Gasteiger partial charge in [0.15, 0.2) is 0 Å². The van der Waals surface area contributed by atoms with Gasteiger partial charge in [-0.25, -0.2) is 4.68 Å². The summed E-state index contributed by atoms with van der Waals surface area (Å²) in [4.78, 5) is 11.8. The van der Waals surface area contributed by atoms with E-state index in [4.69, 9.17) is 5.73 Å². The van der Waals surface area contributed by atoms with Gasteiger partial charge in [-0.15, -0.1) is 5.10 Å². The van der Waals surface area contributed by atoms with E-state index in [1.165, 1.54) is 10.2 Å². The fraction of sp³-hybridized carbons (Fsp3) is 0.400. The zero-order valence-corrected chi connectivity index (χ0v) is 12.4. The normalized spacial score (nSPS) is 11.4. The van der Waals surface area contributed by atoms with Crippen molar-refractivity contribution in [2.75, 3.05) is 6.54 Å². The van der Waals surface area contributed by atoms with Crippen molar-refractivity contribution in [3.63, 3.8) is 0 Å². The van der Waals surface area contributed by atoms with Crippen LogP contribution in [0.4, 0.5) is 0 Å². The van der Waals surface area contributed by atoms with Gasteiger partial charge in [-0.1, -0.05) is 35.5 Å². The lowest BCUT2D eigenvalue weighted by atomic mass is 10.0. The van der Waals surface area contributed by atoms with Crippen molar-refractivity contribution in [3.8, 4) is 0 Å². The fourth-order valence-corrected chi connectivity index (χ4v) is 1.86. The molecule has 21 heavy (non-hydrogen) atoms. The van der Waals surface area contributed by atoms with Crippen LogP contribution in [0.25, 0.3) is 0 Å². The molecule has 0 unspecified atom stereocenters. The van der Waals surface area contributed by atoms with E-state index in [1.54, 1.807) is 6.20 Å². The van der Waals surface area contributed by atoms with E-state index in [1.807, 2.05) is 44.2 Å². The van der Waals surface area contributed by atoms with Crippen LogP contribution >= 0.6 is 0 Å². The molecule has 0 aliphatic heterocycles. The molecular formula is C15H21N5O. The Morgan fingerprint density at radius 2 is 2.05 bits per heavy atom. The summed E-state index contributed by atoms with van der Waals surface area (Å²) in [7, 11) is 0. The maximum Gasteiger partial charge on any atom is 0.241 e. The van der Waals surface area contributed by atoms with Crippen LogP contribution in [0.3, 0.4) is 0 Å². The first-order valence-corrected chi connectivity index (χ1v) is 6.95. The number of nitrogens with two attached hydrogens (primary N) is 1. The SMILES string of the molecule is CC(C)(N)c1cn(CC(=O)NCCc2ccccc2)nn1. The number of nitrogens with zero attached hydrogens (tertiary/aromatic N) is 3. The zero-order valence-electron chi connectivity index (χ0n) is 12.4. The topological polar surface area (TPSA) is 85.8 Å². The minimum absolute atomic E-state index is 0.0859. The number of hydrogen-bond acceptors (Lipinski definition) is 4. The molecule has 0 aliphatic rings. The number of nitrogens with one attached hydrogen (secondary N) is 1. The minimum Gasteiger partial charge on any atom is -0.354 e. The fourth-order valence-electron chi connectivity index (χ4n) is 1.86. The number of benzene rings is 1. The Balaban J connectivity index is 1.78. The molecule has 0 spiro atoms. The molecule has 0 aliphatic carbocycles. The molecule has 2 rings (SSSR count). The summed E-state index contributed by atoms with van der Waals surface area (Å²) in [5.74, 6) is -0.0859. The van der Waals surface area contributed by atoms with E-state index in [0.29, 0.717) is 12.2 Å². The lowest BCUT2D eigenvalue weighted by Crippen LogP contribution is -2.30. The first kappa shape index (κ1) is 15.2. The van der Waals surface area contributed by atoms with Crippen LogP contribution < -0.4 is 11.1 Å². The van der Waals surface area contributed by atoms with Gasteiger partial charge in [-0.05, 0) is 25.8 Å². The van der Waals surface area contributed by atoms with E-state index in [-0.39, 0.29) is 12.5 Å². The Bertz CT molecular complexity index is 586. The molecule has 0 atom stereocenters. The molecule has 1 aromatic heterocycles. The summed E-state index contributed by atoms with van der Waals surface area (Å²) >= 11 is 0. The molecule has 1 heterocycles. The molecule has 3 N–H and O–H groups in total. The van der Waals surface area contributed by atoms with Crippen molar-refractivity contribution in [1.29, 1.82) is 0 Å². The van der Waals surface area contributed by atoms with Gasteiger partial charge in [0.1, 0.15) is 12.2 Å². The lowest BCUT2D eigenvalue weighted by molar-refractivity contribution is -0.121. The highest BCUT2D eigenvalue weighted by Gasteiger charge is 2.18. The predicted molar refractivity (Wildman–Crippen MR) is 80.4 cm³/mol. The van der Waals surface area contributed by atoms with Gasteiger partial charge >= 0.3 is 0 Å². The van der Waals surface area contributed by atoms with Crippen molar-refractivity contribution in [2.24, 2.45) is 5.73 Å². The Morgan fingerprint density at radius 1 is 1.33 bits per heavy atom. The second kappa shape index (κ2) is 6.49. The molecule has 1 aromatic carbocycles. The highest BCUT2D eigenvalue weighted by molar-refractivity contribution is 5.75. The van der Waals surface area contributed by atoms with E-state index in [2.05, 4.69) is 15.6 Å². The highest BCUT2D eigenvalue weighted by Crippen LogP contribution is 2.12. The number of rotatable bonds is 6. The summed E-state index contributed by atoms with van der Waals surface area (Å²) in [6.07, 6.45) is 2.52. The molecule has 6 heteroatoms. The molecule has 6 nitrogen and oxygen atoms in total. The average molecular weight is 287 g/mol. The maximum atomic E-state index is 11.8. The van der Waals surface area contributed by atoms with Crippen molar-refractivity contribution >= 4 is 5.91 Å². The number of aromatic nitrogens is 3. The van der Waals surface area contributed by atoms with Crippen LogP contribution in [0.1, 0.15) is 25.1 Å². The highest BCUT2D eigenvalue weighted by atomic mass is 16.2. The van der Waals surface area contributed by atoms with Crippen molar-refractivity contribution in [2.45, 2.75) is 32.4 Å². The Morgan fingerprint density at radius 3 is 2.67 bits per heavy atom. The summed E-state index contributed by atoms with van der Waals surface area (Å²) in [6.45, 7) is 4.45.